The van der Waals surface area contributed by atoms with Gasteiger partial charge in [-0.3, -0.25) is 0 Å². The lowest BCUT2D eigenvalue weighted by molar-refractivity contribution is 0.213. The van der Waals surface area contributed by atoms with Crippen LogP contribution in [0.25, 0.3) is 0 Å². The third kappa shape index (κ3) is 6.80. The van der Waals surface area contributed by atoms with E-state index in [1.165, 1.54) is 0 Å². The summed E-state index contributed by atoms with van der Waals surface area (Å²) in [7, 11) is 4.02. The van der Waals surface area contributed by atoms with Crippen LogP contribution in [0.5, 0.6) is 23.0 Å². The van der Waals surface area contributed by atoms with Gasteiger partial charge in [-0.2, -0.15) is 0 Å². The Kier molecular flexibility index (Phi) is 10.5. The summed E-state index contributed by atoms with van der Waals surface area (Å²) in [6, 6.07) is 30.8. The molecule has 0 spiro atoms. The first kappa shape index (κ1) is 29.1. The standard InChI is InChI=1S/C32H34O7P/c1-34-29-17-9-5-13-23(29)27(24-14-6-10-18-30(24)35-2)21-38-40(33)39-22-28(25-15-7-11-19-31(25)36-3)26-16-8-12-20-32(26)37-4/h5-20,27-28H,21-22H2,1-4H3/q+1. The summed E-state index contributed by atoms with van der Waals surface area (Å²) < 4.78 is 47.4. The minimum Gasteiger partial charge on any atom is -0.496 e. The molecule has 0 aliphatic heterocycles. The van der Waals surface area contributed by atoms with Crippen LogP contribution < -0.4 is 18.9 Å². The van der Waals surface area contributed by atoms with Gasteiger partial charge in [0.2, 0.25) is 0 Å². The molecular formula is C32H34O7P+. The molecule has 4 aromatic carbocycles. The van der Waals surface area contributed by atoms with Gasteiger partial charge in [-0.1, -0.05) is 72.8 Å². The van der Waals surface area contributed by atoms with Gasteiger partial charge in [-0.25, -0.2) is 0 Å². The fourth-order valence-electron chi connectivity index (χ4n) is 4.82. The van der Waals surface area contributed by atoms with Gasteiger partial charge in [0.15, 0.2) is 0 Å². The van der Waals surface area contributed by atoms with E-state index in [1.54, 1.807) is 28.4 Å². The van der Waals surface area contributed by atoms with Crippen molar-refractivity contribution < 1.29 is 32.6 Å². The van der Waals surface area contributed by atoms with Crippen LogP contribution in [-0.4, -0.2) is 41.7 Å². The highest BCUT2D eigenvalue weighted by Crippen LogP contribution is 2.41. The van der Waals surface area contributed by atoms with Crippen molar-refractivity contribution in [2.24, 2.45) is 0 Å². The van der Waals surface area contributed by atoms with Crippen molar-refractivity contribution in [2.45, 2.75) is 11.8 Å². The maximum atomic E-state index is 13.2. The van der Waals surface area contributed by atoms with Crippen LogP contribution in [0.1, 0.15) is 34.1 Å². The molecule has 0 radical (unpaired) electrons. The molecule has 208 valence electrons. The smallest absolute Gasteiger partial charge is 0.496 e. The molecule has 0 bridgehead atoms. The molecule has 0 saturated heterocycles. The van der Waals surface area contributed by atoms with Crippen molar-refractivity contribution in [1.29, 1.82) is 0 Å². The summed E-state index contributed by atoms with van der Waals surface area (Å²) in [6.07, 6.45) is 0. The van der Waals surface area contributed by atoms with E-state index in [0.717, 1.165) is 22.3 Å². The second kappa shape index (κ2) is 14.5. The molecule has 0 fully saturated rings. The van der Waals surface area contributed by atoms with Crippen LogP contribution in [0.4, 0.5) is 0 Å². The predicted molar refractivity (Wildman–Crippen MR) is 155 cm³/mol. The van der Waals surface area contributed by atoms with E-state index in [1.807, 2.05) is 97.1 Å². The van der Waals surface area contributed by atoms with E-state index >= 15 is 0 Å². The largest absolute Gasteiger partial charge is 0.697 e. The Labute approximate surface area is 236 Å². The van der Waals surface area contributed by atoms with Crippen LogP contribution >= 0.6 is 8.25 Å². The van der Waals surface area contributed by atoms with Crippen LogP contribution in [0.2, 0.25) is 0 Å². The van der Waals surface area contributed by atoms with Crippen LogP contribution in [0.15, 0.2) is 97.1 Å². The van der Waals surface area contributed by atoms with Crippen LogP contribution in [0.3, 0.4) is 0 Å². The van der Waals surface area contributed by atoms with E-state index in [2.05, 4.69) is 0 Å². The lowest BCUT2D eigenvalue weighted by Crippen LogP contribution is -2.12. The first-order valence-electron chi connectivity index (χ1n) is 12.9. The maximum absolute atomic E-state index is 13.2. The third-order valence-corrected chi connectivity index (χ3v) is 7.47. The second-order valence-corrected chi connectivity index (χ2v) is 9.85. The van der Waals surface area contributed by atoms with Gasteiger partial charge < -0.3 is 18.9 Å². The van der Waals surface area contributed by atoms with Gasteiger partial charge in [-0.15, -0.1) is 9.05 Å². The van der Waals surface area contributed by atoms with E-state index in [-0.39, 0.29) is 25.0 Å². The van der Waals surface area contributed by atoms with Crippen molar-refractivity contribution in [3.8, 4) is 23.0 Å². The highest BCUT2D eigenvalue weighted by molar-refractivity contribution is 7.33. The van der Waals surface area contributed by atoms with E-state index < -0.39 is 8.25 Å². The lowest BCUT2D eigenvalue weighted by Gasteiger charge is -2.21. The topological polar surface area (TPSA) is 72.5 Å². The molecule has 0 N–H and O–H groups in total. The number of ether oxygens (including phenoxy) is 4. The Hall–Kier alpha value is -3.90. The first-order chi connectivity index (χ1) is 19.6. The zero-order chi connectivity index (χ0) is 28.3. The van der Waals surface area contributed by atoms with Gasteiger partial charge >= 0.3 is 8.25 Å². The molecule has 8 heteroatoms. The van der Waals surface area contributed by atoms with Crippen molar-refractivity contribution in [3.05, 3.63) is 119 Å². The fourth-order valence-corrected chi connectivity index (χ4v) is 5.44. The predicted octanol–water partition coefficient (Wildman–Crippen LogP) is 7.38. The van der Waals surface area contributed by atoms with Crippen LogP contribution in [-0.2, 0) is 13.6 Å². The molecule has 4 rings (SSSR count). The number of para-hydroxylation sites is 4. The van der Waals surface area contributed by atoms with Gasteiger partial charge in [-0.05, 0) is 24.3 Å². The quantitative estimate of drug-likeness (QED) is 0.149. The normalized spacial score (nSPS) is 10.9. The van der Waals surface area contributed by atoms with E-state index in [0.29, 0.717) is 23.0 Å². The Morgan fingerprint density at radius 1 is 0.475 bits per heavy atom. The second-order valence-electron chi connectivity index (χ2n) is 8.89. The maximum Gasteiger partial charge on any atom is 0.697 e. The summed E-state index contributed by atoms with van der Waals surface area (Å²) in [5.74, 6) is 2.18. The lowest BCUT2D eigenvalue weighted by atomic mass is 9.90. The first-order valence-corrected chi connectivity index (χ1v) is 14.0. The van der Waals surface area contributed by atoms with Crippen molar-refractivity contribution >= 4 is 8.25 Å². The van der Waals surface area contributed by atoms with Gasteiger partial charge in [0, 0.05) is 38.7 Å². The fraction of sp³-hybridized carbons (Fsp3) is 0.250. The highest BCUT2D eigenvalue weighted by atomic mass is 31.1. The summed E-state index contributed by atoms with van der Waals surface area (Å²) in [5, 5.41) is 0. The molecule has 0 atom stereocenters. The summed E-state index contributed by atoms with van der Waals surface area (Å²) >= 11 is 0. The average Bonchev–Trinajstić information content (AvgIpc) is 3.02. The molecule has 0 saturated carbocycles. The van der Waals surface area contributed by atoms with Crippen molar-refractivity contribution in [3.63, 3.8) is 0 Å². The molecule has 0 heterocycles. The highest BCUT2D eigenvalue weighted by Gasteiger charge is 2.31. The Morgan fingerprint density at radius 3 is 0.975 bits per heavy atom. The molecule has 0 amide bonds. The molecule has 0 aliphatic rings. The SMILES string of the molecule is COc1ccccc1C(CO[P+](=O)OCC(c1ccccc1OC)c1ccccc1OC)c1ccccc1OC. The minimum absolute atomic E-state index is 0.0872. The number of rotatable bonds is 14. The number of benzene rings is 4. The molecular weight excluding hydrogens is 527 g/mol. The van der Waals surface area contributed by atoms with Crippen molar-refractivity contribution in [1.82, 2.24) is 0 Å². The Morgan fingerprint density at radius 2 is 0.725 bits per heavy atom. The van der Waals surface area contributed by atoms with E-state index in [4.69, 9.17) is 28.0 Å². The monoisotopic (exact) mass is 561 g/mol. The molecule has 4 aromatic rings. The molecule has 0 unspecified atom stereocenters. The average molecular weight is 562 g/mol. The number of hydrogen-bond acceptors (Lipinski definition) is 7. The minimum atomic E-state index is -2.48. The van der Waals surface area contributed by atoms with Crippen LogP contribution in [0, 0.1) is 0 Å². The number of hydrogen-bond donors (Lipinski definition) is 0. The van der Waals surface area contributed by atoms with Gasteiger partial charge in [0.05, 0.1) is 28.4 Å². The molecule has 0 aromatic heterocycles. The Balaban J connectivity index is 1.57. The molecule has 0 aliphatic carbocycles. The van der Waals surface area contributed by atoms with Crippen molar-refractivity contribution in [2.75, 3.05) is 41.7 Å². The molecule has 40 heavy (non-hydrogen) atoms. The third-order valence-electron chi connectivity index (χ3n) is 6.75. The zero-order valence-corrected chi connectivity index (χ0v) is 24.0. The summed E-state index contributed by atoms with van der Waals surface area (Å²) in [6.45, 7) is 0.174. The zero-order valence-electron chi connectivity index (χ0n) is 23.1. The summed E-state index contributed by atoms with van der Waals surface area (Å²) in [4.78, 5) is 0. The molecule has 7 nitrogen and oxygen atoms in total. The van der Waals surface area contributed by atoms with Gasteiger partial charge in [0.1, 0.15) is 36.2 Å². The number of methoxy groups -OCH3 is 4. The van der Waals surface area contributed by atoms with Gasteiger partial charge in [0.25, 0.3) is 0 Å². The summed E-state index contributed by atoms with van der Waals surface area (Å²) in [5.41, 5.74) is 3.55. The Bertz CT molecular complexity index is 1210. The van der Waals surface area contributed by atoms with E-state index in [9.17, 15) is 4.57 Å².